The monoisotopic (exact) mass is 796 g/mol. The van der Waals surface area contributed by atoms with Crippen LogP contribution in [0.4, 0.5) is 0 Å². The third-order valence-corrected chi connectivity index (χ3v) is 17.0. The normalized spacial score (nSPS) is 54.0. The molecule has 15 heteroatoms. The highest BCUT2D eigenvalue weighted by Crippen LogP contribution is 2.76. The van der Waals surface area contributed by atoms with Crippen LogP contribution in [-0.2, 0) is 28.5 Å². The zero-order chi connectivity index (χ0) is 41.1. The molecule has 6 fully saturated rings. The van der Waals surface area contributed by atoms with Crippen molar-refractivity contribution in [1.82, 2.24) is 0 Å². The number of allylic oxidation sites excluding steroid dienone is 2. The van der Waals surface area contributed by atoms with E-state index in [-0.39, 0.29) is 30.3 Å². The zero-order valence-electron chi connectivity index (χ0n) is 33.4. The summed E-state index contributed by atoms with van der Waals surface area (Å²) in [5.41, 5.74) is -3.40. The molecule has 318 valence electrons. The predicted molar refractivity (Wildman–Crippen MR) is 195 cm³/mol. The summed E-state index contributed by atoms with van der Waals surface area (Å²) in [4.78, 5) is 28.0. The van der Waals surface area contributed by atoms with Gasteiger partial charge in [0.05, 0.1) is 30.8 Å². The number of rotatable bonds is 6. The maximum Gasteiger partial charge on any atom is 0.317 e. The molecule has 0 spiro atoms. The minimum atomic E-state index is -1.78. The van der Waals surface area contributed by atoms with Crippen molar-refractivity contribution in [2.75, 3.05) is 13.2 Å². The smallest absolute Gasteiger partial charge is 0.317 e. The molecule has 2 unspecified atom stereocenters. The number of aliphatic hydroxyl groups excluding tert-OH is 8. The van der Waals surface area contributed by atoms with Gasteiger partial charge in [-0.2, -0.15) is 0 Å². The van der Waals surface area contributed by atoms with Crippen molar-refractivity contribution in [2.45, 2.75) is 167 Å². The van der Waals surface area contributed by atoms with Gasteiger partial charge in [-0.05, 0) is 104 Å². The molecule has 56 heavy (non-hydrogen) atoms. The van der Waals surface area contributed by atoms with Gasteiger partial charge in [0, 0.05) is 0 Å². The maximum atomic E-state index is 14.6. The van der Waals surface area contributed by atoms with Crippen LogP contribution in [0.25, 0.3) is 0 Å². The molecular weight excluding hydrogens is 732 g/mol. The predicted octanol–water partition coefficient (Wildman–Crippen LogP) is 0.991. The van der Waals surface area contributed by atoms with Crippen molar-refractivity contribution in [2.24, 2.45) is 50.2 Å². The zero-order valence-corrected chi connectivity index (χ0v) is 33.4. The Morgan fingerprint density at radius 3 is 2.14 bits per heavy atom. The molecule has 0 aromatic rings. The van der Waals surface area contributed by atoms with E-state index in [2.05, 4.69) is 40.7 Å². The molecule has 19 atom stereocenters. The van der Waals surface area contributed by atoms with E-state index in [4.69, 9.17) is 18.9 Å². The van der Waals surface area contributed by atoms with E-state index in [0.717, 1.165) is 5.57 Å². The van der Waals surface area contributed by atoms with E-state index >= 15 is 0 Å². The molecule has 0 bridgehead atoms. The van der Waals surface area contributed by atoms with E-state index in [9.17, 15) is 55.5 Å². The van der Waals surface area contributed by atoms with Gasteiger partial charge in [0.2, 0.25) is 6.29 Å². The quantitative estimate of drug-likeness (QED) is 0.103. The molecule has 0 radical (unpaired) electrons. The van der Waals surface area contributed by atoms with Crippen LogP contribution in [0.1, 0.15) is 99.3 Å². The highest BCUT2D eigenvalue weighted by molar-refractivity contribution is 5.80. The van der Waals surface area contributed by atoms with Crippen LogP contribution in [-0.4, -0.2) is 139 Å². The Morgan fingerprint density at radius 2 is 1.48 bits per heavy atom. The number of carboxylic acids is 1. The molecule has 7 aliphatic rings. The Kier molecular flexibility index (Phi) is 10.7. The molecule has 0 amide bonds. The van der Waals surface area contributed by atoms with Gasteiger partial charge < -0.3 is 64.9 Å². The minimum Gasteiger partial charge on any atom is -0.481 e. The number of aliphatic carboxylic acids is 1. The van der Waals surface area contributed by atoms with Crippen LogP contribution in [0.3, 0.4) is 0 Å². The van der Waals surface area contributed by atoms with Crippen molar-refractivity contribution in [3.8, 4) is 0 Å². The summed E-state index contributed by atoms with van der Waals surface area (Å²) in [5.74, 6) is -2.57. The van der Waals surface area contributed by atoms with E-state index in [1.54, 1.807) is 6.92 Å². The molecule has 15 nitrogen and oxygen atoms in total. The standard InChI is InChI=1S/C41H64O15/c1-36(2)13-14-41(35(52)56-33-31(49)29(47)28(46)22(17-42)54-33)20(15-36)19-7-8-23-37(3)11-10-26(55-32-30(48)27(45)21(43)18-53-32)40(6,34(50)51)24(37)9-12-38(23,4)39(19,5)16-25(41)44/h7,20-33,42-49H,8-18H2,1-6H3,(H,50,51)/t20-,21+,22+,23?,24?,25+,26-,27-,28+,29-,30+,31+,32-,33-,37+,38+,39+,40-,41+/m0/s1. The first-order valence-electron chi connectivity index (χ1n) is 20.5. The summed E-state index contributed by atoms with van der Waals surface area (Å²) in [5, 5.41) is 95.7. The van der Waals surface area contributed by atoms with Gasteiger partial charge in [-0.3, -0.25) is 9.59 Å². The van der Waals surface area contributed by atoms with E-state index in [0.29, 0.717) is 51.4 Å². The highest BCUT2D eigenvalue weighted by atomic mass is 16.7. The SMILES string of the molecule is CC1(C)CC[C@]2(C(=O)O[C@@H]3O[C@H](CO)[C@@H](O)[C@H](O)[C@H]3O)[C@H](O)C[C@]3(C)C(=CCC4[C@@]5(C)CC[C@H](O[C@@H]6OC[C@@H](O)[C@H](O)[C@H]6O)[C@@](C)(C(=O)O)C5CC[C@]43C)[C@@H]2C1. The number of ether oxygens (including phenoxy) is 4. The van der Waals surface area contributed by atoms with Crippen LogP contribution in [0.15, 0.2) is 11.6 Å². The number of fused-ring (bicyclic) bond motifs is 7. The van der Waals surface area contributed by atoms with Gasteiger partial charge in [-0.25, -0.2) is 0 Å². The van der Waals surface area contributed by atoms with Crippen LogP contribution < -0.4 is 0 Å². The minimum absolute atomic E-state index is 0.00650. The Bertz CT molecular complexity index is 1570. The Balaban J connectivity index is 1.21. The molecule has 5 aliphatic carbocycles. The molecule has 0 aromatic carbocycles. The molecule has 0 aromatic heterocycles. The number of carbonyl (C=O) groups excluding carboxylic acids is 1. The number of esters is 1. The summed E-state index contributed by atoms with van der Waals surface area (Å²) in [6.45, 7) is 11.7. The third kappa shape index (κ3) is 5.92. The Morgan fingerprint density at radius 1 is 0.804 bits per heavy atom. The summed E-state index contributed by atoms with van der Waals surface area (Å²) in [6.07, 6.45) is -8.96. The van der Waals surface area contributed by atoms with Gasteiger partial charge in [0.1, 0.15) is 48.1 Å². The molecule has 4 saturated carbocycles. The average Bonchev–Trinajstić information content (AvgIpc) is 3.13. The van der Waals surface area contributed by atoms with Crippen molar-refractivity contribution in [3.63, 3.8) is 0 Å². The number of hydrogen-bond donors (Lipinski definition) is 9. The first-order chi connectivity index (χ1) is 26.0. The molecule has 2 saturated heterocycles. The number of aliphatic hydroxyl groups is 8. The lowest BCUT2D eigenvalue weighted by Gasteiger charge is -2.71. The first-order valence-corrected chi connectivity index (χ1v) is 20.5. The fourth-order valence-corrected chi connectivity index (χ4v) is 13.3. The van der Waals surface area contributed by atoms with E-state index in [1.165, 1.54) is 0 Å². The van der Waals surface area contributed by atoms with Crippen molar-refractivity contribution < 1.29 is 74.5 Å². The number of carbonyl (C=O) groups is 2. The van der Waals surface area contributed by atoms with Gasteiger partial charge >= 0.3 is 11.9 Å². The number of hydrogen-bond acceptors (Lipinski definition) is 14. The third-order valence-electron chi connectivity index (χ3n) is 17.0. The second-order valence-electron chi connectivity index (χ2n) is 20.1. The summed E-state index contributed by atoms with van der Waals surface area (Å²) in [6, 6.07) is 0. The van der Waals surface area contributed by atoms with E-state index in [1.807, 2.05) is 0 Å². The number of carboxylic acid groups (broad SMARTS) is 1. The van der Waals surface area contributed by atoms with Gasteiger partial charge in [0.15, 0.2) is 6.29 Å². The lowest BCUT2D eigenvalue weighted by Crippen LogP contribution is -2.69. The Hall–Kier alpha value is -1.76. The lowest BCUT2D eigenvalue weighted by molar-refractivity contribution is -0.308. The van der Waals surface area contributed by atoms with Gasteiger partial charge in [-0.1, -0.05) is 46.3 Å². The highest BCUT2D eigenvalue weighted by Gasteiger charge is 2.73. The summed E-state index contributed by atoms with van der Waals surface area (Å²) >= 11 is 0. The van der Waals surface area contributed by atoms with Gasteiger partial charge in [0.25, 0.3) is 0 Å². The van der Waals surface area contributed by atoms with E-state index < -0.39 is 119 Å². The average molecular weight is 797 g/mol. The molecule has 9 N–H and O–H groups in total. The molecule has 2 aliphatic heterocycles. The summed E-state index contributed by atoms with van der Waals surface area (Å²) < 4.78 is 23.2. The fourth-order valence-electron chi connectivity index (χ4n) is 13.3. The molecular formula is C41H64O15. The largest absolute Gasteiger partial charge is 0.481 e. The van der Waals surface area contributed by atoms with Crippen LogP contribution in [0.5, 0.6) is 0 Å². The lowest BCUT2D eigenvalue weighted by atomic mass is 9.33. The fraction of sp³-hybridized carbons (Fsp3) is 0.902. The maximum absolute atomic E-state index is 14.6. The molecule has 7 rings (SSSR count). The van der Waals surface area contributed by atoms with Crippen LogP contribution >= 0.6 is 0 Å². The summed E-state index contributed by atoms with van der Waals surface area (Å²) in [7, 11) is 0. The van der Waals surface area contributed by atoms with Crippen molar-refractivity contribution in [1.29, 1.82) is 0 Å². The van der Waals surface area contributed by atoms with Crippen molar-refractivity contribution in [3.05, 3.63) is 11.6 Å². The topological polar surface area (TPSA) is 253 Å². The van der Waals surface area contributed by atoms with Crippen LogP contribution in [0.2, 0.25) is 0 Å². The van der Waals surface area contributed by atoms with Crippen LogP contribution in [0, 0.1) is 50.2 Å². The van der Waals surface area contributed by atoms with Crippen molar-refractivity contribution >= 4 is 11.9 Å². The Labute approximate surface area is 328 Å². The second-order valence-corrected chi connectivity index (χ2v) is 20.1. The second kappa shape index (κ2) is 14.2. The van der Waals surface area contributed by atoms with Gasteiger partial charge in [-0.15, -0.1) is 0 Å². The molecule has 2 heterocycles. The first kappa shape index (κ1) is 42.4.